The van der Waals surface area contributed by atoms with Crippen LogP contribution < -0.4 is 11.1 Å². The predicted octanol–water partition coefficient (Wildman–Crippen LogP) is 5.68. The fourth-order valence-electron chi connectivity index (χ4n) is 2.79. The Labute approximate surface area is 223 Å². The van der Waals surface area contributed by atoms with Gasteiger partial charge in [-0.15, -0.1) is 0 Å². The van der Waals surface area contributed by atoms with Gasteiger partial charge in [-0.25, -0.2) is 13.8 Å². The number of amides is 1. The molecule has 37 heavy (non-hydrogen) atoms. The first kappa shape index (κ1) is 32.3. The summed E-state index contributed by atoms with van der Waals surface area (Å²) in [7, 11) is 3.17. The maximum Gasteiger partial charge on any atom is 0.458 e. The highest BCUT2D eigenvalue weighted by Crippen LogP contribution is 2.44. The second-order valence-electron chi connectivity index (χ2n) is 7.22. The van der Waals surface area contributed by atoms with E-state index < -0.39 is 29.5 Å². The summed E-state index contributed by atoms with van der Waals surface area (Å²) in [5.41, 5.74) is 5.91. The van der Waals surface area contributed by atoms with Crippen LogP contribution in [-0.2, 0) is 15.5 Å². The lowest BCUT2D eigenvalue weighted by molar-refractivity contribution is -0.289. The van der Waals surface area contributed by atoms with Gasteiger partial charge in [0.05, 0.1) is 29.7 Å². The molecule has 8 nitrogen and oxygen atoms in total. The number of nitrogens with zero attached hydrogens (tertiary/aromatic N) is 4. The molecule has 16 heteroatoms. The summed E-state index contributed by atoms with van der Waals surface area (Å²) in [6, 6.07) is 0.662. The van der Waals surface area contributed by atoms with Gasteiger partial charge in [0.1, 0.15) is 23.4 Å². The molecule has 2 aromatic heterocycles. The average molecular weight is 664 g/mol. The van der Waals surface area contributed by atoms with Crippen LogP contribution in [0.15, 0.2) is 30.6 Å². The number of benzene rings is 1. The van der Waals surface area contributed by atoms with Crippen LogP contribution in [0.5, 0.6) is 0 Å². The first-order valence-corrected chi connectivity index (χ1v) is 14.3. The minimum atomic E-state index is -5.80. The number of nitrogens with two attached hydrogens (primary N) is 1. The van der Waals surface area contributed by atoms with E-state index in [0.717, 1.165) is 33.8 Å². The molecular formula is C21H24F6IN6O2P. The Morgan fingerprint density at radius 1 is 1.24 bits per heavy atom. The highest BCUT2D eigenvalue weighted by Gasteiger charge is 2.58. The zero-order chi connectivity index (χ0) is 28.6. The monoisotopic (exact) mass is 664 g/mol. The molecule has 3 N–H and O–H groups in total. The van der Waals surface area contributed by atoms with E-state index >= 15 is 0 Å². The number of nitrogen functional groups attached to an aromatic ring is 1. The SMILES string of the molecule is CC(c1ccc(C(F)(F)C(F)(F)F)cc1F)N(C)C=O.CC=O.CNc1cnc(N)c2cn(PI)nc12. The molecule has 1 aromatic carbocycles. The lowest BCUT2D eigenvalue weighted by atomic mass is 10.0. The summed E-state index contributed by atoms with van der Waals surface area (Å²) in [6.07, 6.45) is -0.467. The maximum absolute atomic E-state index is 13.7. The maximum atomic E-state index is 13.7. The number of nitrogens with one attached hydrogen (secondary N) is 1. The van der Waals surface area contributed by atoms with Gasteiger partial charge in [0, 0.05) is 31.4 Å². The zero-order valence-electron chi connectivity index (χ0n) is 19.9. The van der Waals surface area contributed by atoms with E-state index in [1.807, 2.05) is 17.7 Å². The molecule has 0 radical (unpaired) electrons. The smallest absolute Gasteiger partial charge is 0.385 e. The highest BCUT2D eigenvalue weighted by molar-refractivity contribution is 14.2. The molecule has 0 aliphatic rings. The number of aromatic nitrogens is 3. The number of rotatable bonds is 6. The van der Waals surface area contributed by atoms with Crippen molar-refractivity contribution in [3.63, 3.8) is 0 Å². The Morgan fingerprint density at radius 3 is 2.30 bits per heavy atom. The van der Waals surface area contributed by atoms with E-state index in [-0.39, 0.29) is 11.6 Å². The Bertz CT molecular complexity index is 1210. The standard InChI is InChI=1S/C12H11F6NO.C7H9IN5P.C2H4O/c1-7(19(2)6-20)9-4-3-8(5-10(9)13)11(14,15)12(16,17)18;1-10-5-2-11-7(9)4-3-13(14-8)12-6(4)5;1-2-3/h3-7H,1-2H3;2-3,10,14H,1H3,(H2,9,11);2H,1H3. The van der Waals surface area contributed by atoms with Gasteiger partial charge >= 0.3 is 12.1 Å². The number of hydrogen-bond donors (Lipinski definition) is 2. The normalized spacial score (nSPS) is 12.3. The summed E-state index contributed by atoms with van der Waals surface area (Å²) < 4.78 is 78.1. The number of carbonyl (C=O) groups excluding carboxylic acids is 2. The fourth-order valence-corrected chi connectivity index (χ4v) is 3.84. The lowest BCUT2D eigenvalue weighted by Gasteiger charge is -2.23. The number of fused-ring (bicyclic) bond motifs is 1. The predicted molar refractivity (Wildman–Crippen MR) is 140 cm³/mol. The van der Waals surface area contributed by atoms with E-state index in [2.05, 4.69) is 37.4 Å². The highest BCUT2D eigenvalue weighted by atomic mass is 127. The van der Waals surface area contributed by atoms with Crippen LogP contribution in [0, 0.1) is 5.82 Å². The largest absolute Gasteiger partial charge is 0.458 e. The third-order valence-corrected chi connectivity index (χ3v) is 6.77. The van der Waals surface area contributed by atoms with E-state index in [4.69, 9.17) is 10.5 Å². The van der Waals surface area contributed by atoms with Crippen LogP contribution in [0.1, 0.15) is 31.0 Å². The second-order valence-corrected chi connectivity index (χ2v) is 9.29. The summed E-state index contributed by atoms with van der Waals surface area (Å²) in [4.78, 5) is 24.5. The van der Waals surface area contributed by atoms with E-state index in [9.17, 15) is 31.1 Å². The van der Waals surface area contributed by atoms with Crippen LogP contribution >= 0.6 is 28.4 Å². The van der Waals surface area contributed by atoms with Gasteiger partial charge in [0.2, 0.25) is 6.41 Å². The topological polar surface area (TPSA) is 106 Å². The molecule has 0 fully saturated rings. The molecule has 0 aliphatic carbocycles. The van der Waals surface area contributed by atoms with Crippen molar-refractivity contribution in [2.45, 2.75) is 32.0 Å². The van der Waals surface area contributed by atoms with E-state index in [1.165, 1.54) is 20.9 Å². The summed E-state index contributed by atoms with van der Waals surface area (Å²) in [6.45, 7) is 2.86. The zero-order valence-corrected chi connectivity index (χ0v) is 23.1. The van der Waals surface area contributed by atoms with Gasteiger partial charge in [-0.2, -0.15) is 27.1 Å². The molecule has 3 rings (SSSR count). The van der Waals surface area contributed by atoms with Crippen molar-refractivity contribution in [1.82, 2.24) is 19.4 Å². The summed E-state index contributed by atoms with van der Waals surface area (Å²) in [5.74, 6) is -5.83. The molecule has 0 aliphatic heterocycles. The van der Waals surface area contributed by atoms with E-state index in [1.54, 1.807) is 6.20 Å². The molecule has 0 bridgehead atoms. The molecule has 1 amide bonds. The van der Waals surface area contributed by atoms with Gasteiger partial charge in [-0.05, 0) is 42.0 Å². The number of halogens is 7. The third kappa shape index (κ3) is 7.90. The van der Waals surface area contributed by atoms with Gasteiger partial charge in [0.25, 0.3) is 0 Å². The molecule has 2 atom stereocenters. The van der Waals surface area contributed by atoms with Crippen LogP contribution in [0.4, 0.5) is 37.8 Å². The van der Waals surface area contributed by atoms with Gasteiger partial charge in [-0.1, -0.05) is 12.1 Å². The Hall–Kier alpha value is -2.68. The third-order valence-electron chi connectivity index (χ3n) is 4.88. The number of hydrogen-bond acceptors (Lipinski definition) is 6. The van der Waals surface area contributed by atoms with Crippen molar-refractivity contribution in [2.24, 2.45) is 0 Å². The molecule has 204 valence electrons. The molecule has 2 unspecified atom stereocenters. The van der Waals surface area contributed by atoms with Crippen molar-refractivity contribution < 1.29 is 35.9 Å². The second kappa shape index (κ2) is 13.7. The van der Waals surface area contributed by atoms with Gasteiger partial charge in [-0.3, -0.25) is 4.79 Å². The first-order valence-electron chi connectivity index (χ1n) is 10.2. The lowest BCUT2D eigenvalue weighted by Crippen LogP contribution is -2.33. The van der Waals surface area contributed by atoms with Crippen molar-refractivity contribution >= 4 is 63.5 Å². The Kier molecular flexibility index (Phi) is 12.0. The van der Waals surface area contributed by atoms with Crippen molar-refractivity contribution in [1.29, 1.82) is 0 Å². The summed E-state index contributed by atoms with van der Waals surface area (Å²) in [5, 5.41) is 8.35. The van der Waals surface area contributed by atoms with Crippen LogP contribution in [0.2, 0.25) is 0 Å². The molecule has 0 saturated heterocycles. The molecule has 2 heterocycles. The van der Waals surface area contributed by atoms with Crippen molar-refractivity contribution in [2.75, 3.05) is 25.1 Å². The van der Waals surface area contributed by atoms with Gasteiger partial charge in [0.15, 0.2) is 0 Å². The molecule has 3 aromatic rings. The first-order chi connectivity index (χ1) is 17.2. The van der Waals surface area contributed by atoms with Crippen molar-refractivity contribution in [3.8, 4) is 0 Å². The van der Waals surface area contributed by atoms with E-state index in [0.29, 0.717) is 24.7 Å². The quantitative estimate of drug-likeness (QED) is 0.152. The van der Waals surface area contributed by atoms with Crippen molar-refractivity contribution in [3.05, 3.63) is 47.5 Å². The minimum absolute atomic E-state index is 0.137. The number of anilines is 2. The number of pyridine rings is 1. The number of aldehydes is 1. The molecule has 0 saturated carbocycles. The minimum Gasteiger partial charge on any atom is -0.385 e. The average Bonchev–Trinajstić information content (AvgIpc) is 3.29. The van der Waals surface area contributed by atoms with Gasteiger partial charge < -0.3 is 20.7 Å². The summed E-state index contributed by atoms with van der Waals surface area (Å²) >= 11 is 2.27. The Balaban J connectivity index is 0.000000349. The number of carbonyl (C=O) groups is 2. The molecular weight excluding hydrogens is 640 g/mol. The number of alkyl halides is 5. The van der Waals surface area contributed by atoms with Crippen LogP contribution in [0.3, 0.4) is 0 Å². The Morgan fingerprint density at radius 2 is 1.84 bits per heavy atom. The van der Waals surface area contributed by atoms with Crippen LogP contribution in [-0.4, -0.2) is 52.4 Å². The fraction of sp³-hybridized carbons (Fsp3) is 0.333. The van der Waals surface area contributed by atoms with Crippen LogP contribution in [0.25, 0.3) is 10.9 Å². The molecule has 0 spiro atoms.